The van der Waals surface area contributed by atoms with Crippen molar-refractivity contribution >= 4 is 16.7 Å². The van der Waals surface area contributed by atoms with Crippen molar-refractivity contribution in [2.75, 3.05) is 14.2 Å². The molecule has 1 fully saturated rings. The SMILES string of the molecule is COc1cc2ncnc(Oc3ccc(CC(=O)CC4CCC4)cc3)c2cc1OC. The first-order valence-corrected chi connectivity index (χ1v) is 9.81. The summed E-state index contributed by atoms with van der Waals surface area (Å²) >= 11 is 0. The van der Waals surface area contributed by atoms with Crippen molar-refractivity contribution in [3.63, 3.8) is 0 Å². The molecule has 1 saturated carbocycles. The third kappa shape index (κ3) is 4.31. The van der Waals surface area contributed by atoms with E-state index in [-0.39, 0.29) is 0 Å². The summed E-state index contributed by atoms with van der Waals surface area (Å²) in [6.45, 7) is 0. The van der Waals surface area contributed by atoms with Crippen LogP contribution in [0.5, 0.6) is 23.1 Å². The van der Waals surface area contributed by atoms with Crippen LogP contribution in [0.2, 0.25) is 0 Å². The third-order valence-corrected chi connectivity index (χ3v) is 5.38. The number of aromatic nitrogens is 2. The van der Waals surface area contributed by atoms with E-state index in [0.717, 1.165) is 10.9 Å². The van der Waals surface area contributed by atoms with Gasteiger partial charge in [0.05, 0.1) is 25.1 Å². The van der Waals surface area contributed by atoms with Gasteiger partial charge in [-0.05, 0) is 29.7 Å². The Hall–Kier alpha value is -3.15. The van der Waals surface area contributed by atoms with E-state index in [0.29, 0.717) is 53.2 Å². The first kappa shape index (κ1) is 19.2. The van der Waals surface area contributed by atoms with Gasteiger partial charge in [-0.3, -0.25) is 4.79 Å². The Morgan fingerprint density at radius 1 is 1.03 bits per heavy atom. The van der Waals surface area contributed by atoms with Gasteiger partial charge in [-0.1, -0.05) is 31.4 Å². The highest BCUT2D eigenvalue weighted by molar-refractivity contribution is 5.87. The minimum Gasteiger partial charge on any atom is -0.493 e. The van der Waals surface area contributed by atoms with Gasteiger partial charge >= 0.3 is 0 Å². The lowest BCUT2D eigenvalue weighted by atomic mass is 9.81. The lowest BCUT2D eigenvalue weighted by Gasteiger charge is -2.24. The molecule has 2 aromatic carbocycles. The van der Waals surface area contributed by atoms with Gasteiger partial charge in [0.15, 0.2) is 11.5 Å². The first-order valence-electron chi connectivity index (χ1n) is 9.81. The molecule has 4 rings (SSSR count). The molecule has 0 saturated heterocycles. The van der Waals surface area contributed by atoms with Gasteiger partial charge in [-0.2, -0.15) is 0 Å². The number of carbonyl (C=O) groups excluding carboxylic acids is 1. The van der Waals surface area contributed by atoms with Gasteiger partial charge in [-0.25, -0.2) is 9.97 Å². The minimum atomic E-state index is 0.311. The fraction of sp³-hybridized carbons (Fsp3) is 0.348. The van der Waals surface area contributed by atoms with Crippen molar-refractivity contribution in [3.8, 4) is 23.1 Å². The molecule has 0 unspecified atom stereocenters. The highest BCUT2D eigenvalue weighted by Gasteiger charge is 2.20. The molecule has 0 radical (unpaired) electrons. The maximum Gasteiger partial charge on any atom is 0.230 e. The Labute approximate surface area is 169 Å². The second kappa shape index (κ2) is 8.47. The van der Waals surface area contributed by atoms with Gasteiger partial charge in [0, 0.05) is 18.9 Å². The van der Waals surface area contributed by atoms with Crippen LogP contribution in [-0.4, -0.2) is 30.0 Å². The van der Waals surface area contributed by atoms with Gasteiger partial charge in [0.25, 0.3) is 0 Å². The van der Waals surface area contributed by atoms with Crippen LogP contribution in [0.25, 0.3) is 10.9 Å². The van der Waals surface area contributed by atoms with E-state index in [1.165, 1.54) is 25.6 Å². The number of Topliss-reactive ketones (excluding diaryl/α,β-unsaturated/α-hetero) is 1. The molecule has 0 N–H and O–H groups in total. The summed E-state index contributed by atoms with van der Waals surface area (Å²) < 4.78 is 16.7. The summed E-state index contributed by atoms with van der Waals surface area (Å²) in [5, 5.41) is 0.727. The number of rotatable bonds is 8. The lowest BCUT2D eigenvalue weighted by Crippen LogP contribution is -2.17. The lowest BCUT2D eigenvalue weighted by molar-refractivity contribution is -0.119. The normalized spacial score (nSPS) is 13.7. The Balaban J connectivity index is 1.50. The molecule has 0 spiro atoms. The van der Waals surface area contributed by atoms with Crippen LogP contribution in [-0.2, 0) is 11.2 Å². The zero-order valence-electron chi connectivity index (χ0n) is 16.7. The van der Waals surface area contributed by atoms with Crippen molar-refractivity contribution < 1.29 is 19.0 Å². The Morgan fingerprint density at radius 2 is 1.76 bits per heavy atom. The average molecular weight is 392 g/mol. The molecule has 150 valence electrons. The molecule has 1 aromatic heterocycles. The van der Waals surface area contributed by atoms with E-state index in [4.69, 9.17) is 14.2 Å². The van der Waals surface area contributed by atoms with E-state index in [1.54, 1.807) is 26.4 Å². The van der Waals surface area contributed by atoms with Crippen LogP contribution in [0.3, 0.4) is 0 Å². The van der Waals surface area contributed by atoms with Crippen LogP contribution < -0.4 is 14.2 Å². The smallest absolute Gasteiger partial charge is 0.230 e. The summed E-state index contributed by atoms with van der Waals surface area (Å²) in [4.78, 5) is 20.7. The molecule has 6 nitrogen and oxygen atoms in total. The van der Waals surface area contributed by atoms with Crippen LogP contribution in [0.4, 0.5) is 0 Å². The second-order valence-electron chi connectivity index (χ2n) is 7.37. The number of methoxy groups -OCH3 is 2. The molecule has 6 heteroatoms. The third-order valence-electron chi connectivity index (χ3n) is 5.38. The molecule has 0 aliphatic heterocycles. The van der Waals surface area contributed by atoms with E-state index < -0.39 is 0 Å². The fourth-order valence-electron chi connectivity index (χ4n) is 3.55. The van der Waals surface area contributed by atoms with E-state index in [1.807, 2.05) is 24.3 Å². The van der Waals surface area contributed by atoms with Crippen molar-refractivity contribution in [1.82, 2.24) is 9.97 Å². The predicted molar refractivity (Wildman–Crippen MR) is 110 cm³/mol. The summed E-state index contributed by atoms with van der Waals surface area (Å²) in [6.07, 6.45) is 6.29. The fourth-order valence-corrected chi connectivity index (χ4v) is 3.55. The molecule has 3 aromatic rings. The van der Waals surface area contributed by atoms with Crippen molar-refractivity contribution in [3.05, 3.63) is 48.3 Å². The zero-order chi connectivity index (χ0) is 20.2. The quantitative estimate of drug-likeness (QED) is 0.551. The number of nitrogens with zero attached hydrogens (tertiary/aromatic N) is 2. The zero-order valence-corrected chi connectivity index (χ0v) is 16.7. The Bertz CT molecular complexity index is 1010. The van der Waals surface area contributed by atoms with Crippen molar-refractivity contribution in [2.24, 2.45) is 5.92 Å². The number of hydrogen-bond donors (Lipinski definition) is 0. The monoisotopic (exact) mass is 392 g/mol. The number of ketones is 1. The van der Waals surface area contributed by atoms with Crippen molar-refractivity contribution in [1.29, 1.82) is 0 Å². The molecular weight excluding hydrogens is 368 g/mol. The number of fused-ring (bicyclic) bond motifs is 1. The van der Waals surface area contributed by atoms with E-state index in [2.05, 4.69) is 9.97 Å². The number of benzene rings is 2. The van der Waals surface area contributed by atoms with Crippen LogP contribution >= 0.6 is 0 Å². The predicted octanol–water partition coefficient (Wildman–Crippen LogP) is 4.74. The number of hydrogen-bond acceptors (Lipinski definition) is 6. The Kier molecular flexibility index (Phi) is 5.60. The molecule has 0 amide bonds. The molecule has 1 heterocycles. The molecule has 1 aliphatic carbocycles. The van der Waals surface area contributed by atoms with E-state index in [9.17, 15) is 4.79 Å². The van der Waals surface area contributed by atoms with Gasteiger partial charge in [-0.15, -0.1) is 0 Å². The first-order chi connectivity index (χ1) is 14.2. The minimum absolute atomic E-state index is 0.311. The van der Waals surface area contributed by atoms with Crippen LogP contribution in [0.1, 0.15) is 31.2 Å². The van der Waals surface area contributed by atoms with Crippen LogP contribution in [0.15, 0.2) is 42.7 Å². The van der Waals surface area contributed by atoms with Gasteiger partial charge in [0.2, 0.25) is 5.88 Å². The molecule has 0 bridgehead atoms. The largest absolute Gasteiger partial charge is 0.493 e. The van der Waals surface area contributed by atoms with Crippen LogP contribution in [0, 0.1) is 5.92 Å². The molecule has 0 atom stereocenters. The summed E-state index contributed by atoms with van der Waals surface area (Å²) in [5.41, 5.74) is 1.70. The average Bonchev–Trinajstić information content (AvgIpc) is 2.71. The van der Waals surface area contributed by atoms with Crippen molar-refractivity contribution in [2.45, 2.75) is 32.1 Å². The maximum absolute atomic E-state index is 12.2. The van der Waals surface area contributed by atoms with Gasteiger partial charge < -0.3 is 14.2 Å². The molecular formula is C23H24N2O4. The van der Waals surface area contributed by atoms with E-state index >= 15 is 0 Å². The summed E-state index contributed by atoms with van der Waals surface area (Å²) in [6, 6.07) is 11.2. The van der Waals surface area contributed by atoms with Gasteiger partial charge in [0.1, 0.15) is 17.9 Å². The standard InChI is InChI=1S/C23H24N2O4/c1-27-21-12-19-20(13-22(21)28-2)24-14-25-23(19)29-18-8-6-16(7-9-18)11-17(26)10-15-4-3-5-15/h6-9,12-15H,3-5,10-11H2,1-2H3. The second-order valence-corrected chi connectivity index (χ2v) is 7.37. The molecule has 1 aliphatic rings. The summed E-state index contributed by atoms with van der Waals surface area (Å²) in [5.74, 6) is 3.18. The highest BCUT2D eigenvalue weighted by atomic mass is 16.5. The topological polar surface area (TPSA) is 70.5 Å². The Morgan fingerprint density at radius 3 is 2.41 bits per heavy atom. The number of ether oxygens (including phenoxy) is 3. The highest BCUT2D eigenvalue weighted by Crippen LogP contribution is 2.36. The maximum atomic E-state index is 12.2. The molecule has 29 heavy (non-hydrogen) atoms. The number of carbonyl (C=O) groups is 1. The summed E-state index contributed by atoms with van der Waals surface area (Å²) in [7, 11) is 3.17.